The van der Waals surface area contributed by atoms with E-state index in [2.05, 4.69) is 5.32 Å². The lowest BCUT2D eigenvalue weighted by Crippen LogP contribution is -2.32. The zero-order valence-electron chi connectivity index (χ0n) is 19.8. The molecule has 1 amide bonds. The molecule has 0 atom stereocenters. The average molecular weight is 535 g/mol. The Morgan fingerprint density at radius 2 is 1.46 bits per heavy atom. The van der Waals surface area contributed by atoms with Crippen molar-refractivity contribution >= 4 is 44.9 Å². The van der Waals surface area contributed by atoms with E-state index in [0.29, 0.717) is 5.69 Å². The van der Waals surface area contributed by atoms with Crippen LogP contribution >= 0.6 is 11.6 Å². The first-order valence-electron chi connectivity index (χ1n) is 11.2. The third kappa shape index (κ3) is 5.82. The Morgan fingerprint density at radius 1 is 0.838 bits per heavy atom. The van der Waals surface area contributed by atoms with Crippen molar-refractivity contribution in [1.82, 2.24) is 0 Å². The maximum absolute atomic E-state index is 13.8. The number of halogens is 1. The van der Waals surface area contributed by atoms with Gasteiger partial charge < -0.3 is 10.1 Å². The molecule has 0 fully saturated rings. The number of rotatable bonds is 8. The summed E-state index contributed by atoms with van der Waals surface area (Å²) in [4.78, 5) is 25.5. The molecule has 37 heavy (non-hydrogen) atoms. The highest BCUT2D eigenvalue weighted by Gasteiger charge is 2.28. The van der Waals surface area contributed by atoms with E-state index in [1.807, 2.05) is 30.3 Å². The monoisotopic (exact) mass is 534 g/mol. The van der Waals surface area contributed by atoms with Crippen LogP contribution in [0.15, 0.2) is 108 Å². The van der Waals surface area contributed by atoms with Gasteiger partial charge in [-0.05, 0) is 48.0 Å². The smallest absolute Gasteiger partial charge is 0.339 e. The predicted octanol–water partition coefficient (Wildman–Crippen LogP) is 5.77. The zero-order valence-corrected chi connectivity index (χ0v) is 21.4. The number of nitrogens with zero attached hydrogens (tertiary/aromatic N) is 1. The number of methoxy groups -OCH3 is 1. The Bertz CT molecular complexity index is 1530. The standard InChI is InChI=1S/C28H23ClN2O5S/c1-36-28(33)24-18-21(16-17-25(24)29)30-27(32)23-14-8-9-15-26(23)31(19-20-10-4-2-5-11-20)37(34,35)22-12-6-3-7-13-22/h2-18H,19H2,1H3,(H,30,32). The van der Waals surface area contributed by atoms with Gasteiger partial charge >= 0.3 is 5.97 Å². The highest BCUT2D eigenvalue weighted by molar-refractivity contribution is 7.92. The average Bonchev–Trinajstić information content (AvgIpc) is 2.93. The number of carbonyl (C=O) groups is 2. The third-order valence-electron chi connectivity index (χ3n) is 5.55. The van der Waals surface area contributed by atoms with Gasteiger partial charge in [-0.2, -0.15) is 0 Å². The fraction of sp³-hybridized carbons (Fsp3) is 0.0714. The summed E-state index contributed by atoms with van der Waals surface area (Å²) in [6, 6.07) is 28.0. The zero-order chi connectivity index (χ0) is 26.4. The molecule has 0 aliphatic heterocycles. The molecule has 0 heterocycles. The van der Waals surface area contributed by atoms with E-state index in [0.717, 1.165) is 5.56 Å². The number of carbonyl (C=O) groups excluding carboxylic acids is 2. The number of para-hydroxylation sites is 1. The van der Waals surface area contributed by atoms with Gasteiger partial charge in [-0.15, -0.1) is 0 Å². The fourth-order valence-electron chi connectivity index (χ4n) is 3.72. The van der Waals surface area contributed by atoms with Gasteiger partial charge in [0.25, 0.3) is 15.9 Å². The van der Waals surface area contributed by atoms with Crippen LogP contribution in [0.1, 0.15) is 26.3 Å². The molecule has 0 saturated carbocycles. The van der Waals surface area contributed by atoms with Crippen LogP contribution in [-0.4, -0.2) is 27.4 Å². The van der Waals surface area contributed by atoms with Gasteiger partial charge in [-0.25, -0.2) is 13.2 Å². The second-order valence-electron chi connectivity index (χ2n) is 7.97. The van der Waals surface area contributed by atoms with Crippen LogP contribution in [0.2, 0.25) is 5.02 Å². The minimum Gasteiger partial charge on any atom is -0.465 e. The second kappa shape index (κ2) is 11.3. The number of sulfonamides is 1. The maximum Gasteiger partial charge on any atom is 0.339 e. The van der Waals surface area contributed by atoms with E-state index in [1.165, 1.54) is 41.7 Å². The highest BCUT2D eigenvalue weighted by Crippen LogP contribution is 2.30. The number of amides is 1. The van der Waals surface area contributed by atoms with Crippen LogP contribution in [0.25, 0.3) is 0 Å². The van der Waals surface area contributed by atoms with Crippen molar-refractivity contribution in [1.29, 1.82) is 0 Å². The van der Waals surface area contributed by atoms with Crippen LogP contribution in [0, 0.1) is 0 Å². The van der Waals surface area contributed by atoms with Crippen molar-refractivity contribution in [3.05, 3.63) is 125 Å². The number of esters is 1. The number of anilines is 2. The summed E-state index contributed by atoms with van der Waals surface area (Å²) < 4.78 is 33.5. The normalized spacial score (nSPS) is 11.0. The molecule has 0 spiro atoms. The highest BCUT2D eigenvalue weighted by atomic mass is 35.5. The van der Waals surface area contributed by atoms with Gasteiger partial charge in [0.1, 0.15) is 0 Å². The quantitative estimate of drug-likeness (QED) is 0.289. The molecule has 0 saturated heterocycles. The van der Waals surface area contributed by atoms with Crippen LogP contribution in [0.4, 0.5) is 11.4 Å². The number of nitrogens with one attached hydrogen (secondary N) is 1. The van der Waals surface area contributed by atoms with Crippen molar-refractivity contribution in [3.63, 3.8) is 0 Å². The van der Waals surface area contributed by atoms with Crippen LogP contribution < -0.4 is 9.62 Å². The van der Waals surface area contributed by atoms with Crippen molar-refractivity contribution in [3.8, 4) is 0 Å². The van der Waals surface area contributed by atoms with Gasteiger partial charge in [0, 0.05) is 5.69 Å². The van der Waals surface area contributed by atoms with E-state index in [9.17, 15) is 18.0 Å². The summed E-state index contributed by atoms with van der Waals surface area (Å²) in [6.07, 6.45) is 0. The lowest BCUT2D eigenvalue weighted by Gasteiger charge is -2.26. The topological polar surface area (TPSA) is 92.8 Å². The van der Waals surface area contributed by atoms with Gasteiger partial charge in [0.05, 0.1) is 40.4 Å². The Kier molecular flexibility index (Phi) is 7.91. The maximum atomic E-state index is 13.8. The van der Waals surface area contributed by atoms with E-state index >= 15 is 0 Å². The Morgan fingerprint density at radius 3 is 2.14 bits per heavy atom. The van der Waals surface area contributed by atoms with Gasteiger partial charge in [-0.1, -0.05) is 72.3 Å². The van der Waals surface area contributed by atoms with Crippen molar-refractivity contribution in [2.45, 2.75) is 11.4 Å². The molecule has 4 aromatic carbocycles. The molecule has 0 unspecified atom stereocenters. The Hall–Kier alpha value is -4.14. The first kappa shape index (κ1) is 25.9. The number of ether oxygens (including phenoxy) is 1. The van der Waals surface area contributed by atoms with Crippen LogP contribution in [-0.2, 0) is 21.3 Å². The summed E-state index contributed by atoms with van der Waals surface area (Å²) in [5, 5.41) is 2.90. The summed E-state index contributed by atoms with van der Waals surface area (Å²) in [5.74, 6) is -1.21. The lowest BCUT2D eigenvalue weighted by atomic mass is 10.1. The van der Waals surface area contributed by atoms with Crippen molar-refractivity contribution < 1.29 is 22.7 Å². The SMILES string of the molecule is COC(=O)c1cc(NC(=O)c2ccccc2N(Cc2ccccc2)S(=O)(=O)c2ccccc2)ccc1Cl. The van der Waals surface area contributed by atoms with E-state index in [4.69, 9.17) is 16.3 Å². The van der Waals surface area contributed by atoms with Crippen molar-refractivity contribution in [2.24, 2.45) is 0 Å². The summed E-state index contributed by atoms with van der Waals surface area (Å²) in [7, 11) is -2.80. The molecule has 0 aromatic heterocycles. The van der Waals surface area contributed by atoms with Gasteiger partial charge in [0.2, 0.25) is 0 Å². The van der Waals surface area contributed by atoms with E-state index < -0.39 is 21.9 Å². The van der Waals surface area contributed by atoms with Gasteiger partial charge in [0.15, 0.2) is 0 Å². The largest absolute Gasteiger partial charge is 0.465 e. The Balaban J connectivity index is 1.76. The number of benzene rings is 4. The number of hydrogen-bond donors (Lipinski definition) is 1. The molecule has 188 valence electrons. The molecule has 7 nitrogen and oxygen atoms in total. The predicted molar refractivity (Wildman–Crippen MR) is 143 cm³/mol. The number of hydrogen-bond acceptors (Lipinski definition) is 5. The van der Waals surface area contributed by atoms with Crippen LogP contribution in [0.3, 0.4) is 0 Å². The molecule has 4 rings (SSSR count). The lowest BCUT2D eigenvalue weighted by molar-refractivity contribution is 0.0600. The molecular weight excluding hydrogens is 512 g/mol. The first-order chi connectivity index (χ1) is 17.8. The molecule has 1 N–H and O–H groups in total. The molecule has 9 heteroatoms. The Labute approximate surface area is 220 Å². The minimum atomic E-state index is -4.03. The first-order valence-corrected chi connectivity index (χ1v) is 13.0. The molecule has 0 radical (unpaired) electrons. The van der Waals surface area contributed by atoms with Gasteiger partial charge in [-0.3, -0.25) is 9.10 Å². The summed E-state index contributed by atoms with van der Waals surface area (Å²) in [6.45, 7) is 0.00972. The minimum absolute atomic E-state index is 0.00972. The third-order valence-corrected chi connectivity index (χ3v) is 7.65. The molecule has 0 aliphatic carbocycles. The molecule has 0 bridgehead atoms. The van der Waals surface area contributed by atoms with Crippen LogP contribution in [0.5, 0.6) is 0 Å². The molecule has 0 aliphatic rings. The second-order valence-corrected chi connectivity index (χ2v) is 10.2. The summed E-state index contributed by atoms with van der Waals surface area (Å²) in [5.41, 5.74) is 1.47. The molecular formula is C28H23ClN2O5S. The van der Waals surface area contributed by atoms with E-state index in [-0.39, 0.29) is 33.3 Å². The van der Waals surface area contributed by atoms with Crippen molar-refractivity contribution in [2.75, 3.05) is 16.7 Å². The summed E-state index contributed by atoms with van der Waals surface area (Å²) >= 11 is 6.09. The van der Waals surface area contributed by atoms with E-state index in [1.54, 1.807) is 42.5 Å². The molecule has 4 aromatic rings. The fourth-order valence-corrected chi connectivity index (χ4v) is 5.41.